The number of nitrogens with zero attached hydrogens (tertiary/aromatic N) is 14. The van der Waals surface area contributed by atoms with Gasteiger partial charge in [0.15, 0.2) is 28.5 Å². The Morgan fingerprint density at radius 1 is 0.346 bits per heavy atom. The number of amides is 2. The number of carbonyl (C=O) groups is 7. The summed E-state index contributed by atoms with van der Waals surface area (Å²) in [6.07, 6.45) is -20.7. The monoisotopic (exact) mass is 1910 g/mol. The largest absolute Gasteiger partial charge is 0.478 e. The van der Waals surface area contributed by atoms with E-state index in [2.05, 4.69) is 50.9 Å². The second-order valence-corrected chi connectivity index (χ2v) is 32.5. The fraction of sp³-hybridized carbons (Fsp3) is 0.370. The third-order valence-electron chi connectivity index (χ3n) is 23.2. The maximum Gasteiger partial charge on any atom is 0.436 e. The number of hydrogen-bond acceptors (Lipinski definition) is 19. The van der Waals surface area contributed by atoms with Crippen molar-refractivity contribution in [3.8, 4) is 0 Å². The number of ether oxygens (including phenoxy) is 2. The third-order valence-corrected chi connectivity index (χ3v) is 23.2. The summed E-state index contributed by atoms with van der Waals surface area (Å²) in [5.74, 6) is -7.04. The van der Waals surface area contributed by atoms with Gasteiger partial charge in [-0.2, -0.15) is 91.3 Å². The number of hydrogen-bond donors (Lipinski definition) is 6. The number of methoxy groups -OCH3 is 2. The highest BCUT2D eigenvalue weighted by atomic mass is 19.4. The summed E-state index contributed by atoms with van der Waals surface area (Å²) >= 11 is 0. The normalized spacial score (nSPS) is 14.5. The van der Waals surface area contributed by atoms with Crippen molar-refractivity contribution in [3.63, 3.8) is 0 Å². The lowest BCUT2D eigenvalue weighted by atomic mass is 10.0. The lowest BCUT2D eigenvalue weighted by molar-refractivity contribution is -0.142. The number of fused-ring (bicyclic) bond motifs is 5. The molecule has 10 heterocycles. The number of esters is 2. The number of alkyl halides is 15. The number of aromatic nitrogens is 10. The molecule has 5 aromatic heterocycles. The van der Waals surface area contributed by atoms with E-state index in [0.29, 0.717) is 115 Å². The molecule has 724 valence electrons. The van der Waals surface area contributed by atoms with Crippen molar-refractivity contribution in [2.75, 3.05) is 71.9 Å². The Bertz CT molecular complexity index is 6020. The zero-order valence-electron chi connectivity index (χ0n) is 74.4. The lowest BCUT2D eigenvalue weighted by Gasteiger charge is -2.31. The van der Waals surface area contributed by atoms with E-state index in [1.165, 1.54) is 62.6 Å². The van der Waals surface area contributed by atoms with E-state index in [1.807, 2.05) is 125 Å². The fourth-order valence-corrected chi connectivity index (χ4v) is 16.3. The SMILES string of the molecule is COC(=O)c1c(C(F)(F)F)nn2c1N(Cc1ccccc1C)CCC2.COC(=O)c1c(C(F)(F)F)nn2c1NCCC2.Cc1ccccc1CN1CCCn2nc(C(F)(F)F)c(C(=O)N[C@@H](C)c3ccc(C(=O)O)cc3)c21.Cc1ccccc1CN1CCCn2nc(C(F)(F)F)c(C(=O)N[C@@H](C)c3ccc(C(=O)O)cc3)c21.Cc1ccccc1CN1CCCn2nc(C(F)(F)F)c(C(=O)O)c21. The zero-order chi connectivity index (χ0) is 99.0. The molecule has 0 spiro atoms. The first kappa shape index (κ1) is 101. The van der Waals surface area contributed by atoms with Gasteiger partial charge in [0.2, 0.25) is 0 Å². The molecule has 136 heavy (non-hydrogen) atoms. The van der Waals surface area contributed by atoms with Crippen LogP contribution < -0.4 is 35.6 Å². The Labute approximate surface area is 767 Å². The van der Waals surface area contributed by atoms with Crippen molar-refractivity contribution in [2.45, 2.75) is 176 Å². The van der Waals surface area contributed by atoms with Crippen molar-refractivity contribution >= 4 is 70.8 Å². The molecule has 11 aromatic rings. The Balaban J connectivity index is 0.000000156. The van der Waals surface area contributed by atoms with Crippen LogP contribution in [0.15, 0.2) is 146 Å². The van der Waals surface area contributed by atoms with Gasteiger partial charge < -0.3 is 60.3 Å². The first-order valence-corrected chi connectivity index (χ1v) is 42.7. The summed E-state index contributed by atoms with van der Waals surface area (Å²) in [5.41, 5.74) is 0.190. The predicted molar refractivity (Wildman–Crippen MR) is 465 cm³/mol. The van der Waals surface area contributed by atoms with E-state index in [4.69, 9.17) is 10.2 Å². The minimum absolute atomic E-state index is 0.0318. The van der Waals surface area contributed by atoms with Crippen molar-refractivity contribution in [1.82, 2.24) is 59.5 Å². The Hall–Kier alpha value is -14.4. The predicted octanol–water partition coefficient (Wildman–Crippen LogP) is 17.8. The van der Waals surface area contributed by atoms with Gasteiger partial charge in [0.25, 0.3) is 11.8 Å². The molecular weight excluding hydrogens is 1820 g/mol. The zero-order valence-corrected chi connectivity index (χ0v) is 74.4. The number of carboxylic acid groups (broad SMARTS) is 3. The van der Waals surface area contributed by atoms with E-state index in [0.717, 1.165) is 68.1 Å². The second-order valence-electron chi connectivity index (χ2n) is 32.5. The van der Waals surface area contributed by atoms with Gasteiger partial charge in [0, 0.05) is 91.6 Å². The van der Waals surface area contributed by atoms with Crippen LogP contribution in [-0.2, 0) is 99.3 Å². The van der Waals surface area contributed by atoms with Crippen molar-refractivity contribution in [1.29, 1.82) is 0 Å². The van der Waals surface area contributed by atoms with Crippen LogP contribution >= 0.6 is 0 Å². The molecule has 0 saturated heterocycles. The summed E-state index contributed by atoms with van der Waals surface area (Å²) in [6, 6.07) is 40.7. The van der Waals surface area contributed by atoms with Crippen LogP contribution in [0.3, 0.4) is 0 Å². The average molecular weight is 1910 g/mol. The summed E-state index contributed by atoms with van der Waals surface area (Å²) in [7, 11) is 2.11. The minimum Gasteiger partial charge on any atom is -0.478 e. The Morgan fingerprint density at radius 3 is 0.890 bits per heavy atom. The molecule has 5 aliphatic rings. The molecule has 0 aliphatic carbocycles. The van der Waals surface area contributed by atoms with Gasteiger partial charge in [-0.25, -0.2) is 47.4 Å². The number of carboxylic acids is 3. The molecule has 16 rings (SSSR count). The van der Waals surface area contributed by atoms with Crippen molar-refractivity contribution < 1.29 is 124 Å². The van der Waals surface area contributed by atoms with E-state index < -0.39 is 141 Å². The van der Waals surface area contributed by atoms with Gasteiger partial charge in [-0.05, 0) is 154 Å². The van der Waals surface area contributed by atoms with E-state index in [9.17, 15) is 105 Å². The van der Waals surface area contributed by atoms with Crippen LogP contribution in [0.2, 0.25) is 0 Å². The number of benzene rings is 6. The standard InChI is InChI=1S/2C25H25F3N4O3.C17H18F3N3O2.C16H16F3N3O2.C9H10F3N3O2/c2*1-15-6-3-4-7-19(15)14-31-12-5-13-32-23(31)20(21(30-32)25(26,27)28)22(33)29-16(2)17-8-10-18(11-9-17)24(34)35;1-11-6-3-4-7-12(11)10-22-8-5-9-23-15(22)13(16(24)25-2)14(21-23)17(18,19)20;1-10-5-2-3-6-11(10)9-21-7-4-8-22-14(21)12(15(23)24)13(20-22)16(17,18)19;1-17-8(16)5-6(9(10,11)12)14-15-4-2-3-13-7(5)15/h2*3-4,6-11,16H,5,12-14H2,1-2H3,(H,29,33)(H,34,35);3-4,6-7H,5,8-10H2,1-2H3;2-3,5-6H,4,7-9H2,1H3,(H,23,24);13H,2-4H2,1H3/t2*16-;;;/m00.../s1. The molecule has 2 atom stereocenters. The van der Waals surface area contributed by atoms with Crippen LogP contribution in [0.1, 0.15) is 215 Å². The maximum atomic E-state index is 14.0. The quantitative estimate of drug-likeness (QED) is 0.0323. The highest BCUT2D eigenvalue weighted by Crippen LogP contribution is 2.45. The average Bonchev–Trinajstić information content (AvgIpc) is 1.63. The first-order chi connectivity index (χ1) is 64.2. The lowest BCUT2D eigenvalue weighted by Crippen LogP contribution is -2.35. The number of nitrogens with one attached hydrogen (secondary N) is 3. The van der Waals surface area contributed by atoms with Gasteiger partial charge in [-0.1, -0.05) is 121 Å². The smallest absolute Gasteiger partial charge is 0.436 e. The highest BCUT2D eigenvalue weighted by molar-refractivity contribution is 6.02. The molecule has 0 radical (unpaired) electrons. The van der Waals surface area contributed by atoms with Gasteiger partial charge in [-0.15, -0.1) is 0 Å². The van der Waals surface area contributed by atoms with Crippen LogP contribution in [-0.4, -0.2) is 153 Å². The molecule has 6 aromatic carbocycles. The topological polar surface area (TPSA) is 337 Å². The molecule has 0 bridgehead atoms. The summed E-state index contributed by atoms with van der Waals surface area (Å²) in [5, 5.41) is 53.7. The molecular formula is C92H94F15N17O12. The van der Waals surface area contributed by atoms with Gasteiger partial charge in [-0.3, -0.25) is 9.59 Å². The first-order valence-electron chi connectivity index (χ1n) is 42.7. The number of halogens is 15. The molecule has 29 nitrogen and oxygen atoms in total. The number of carbonyl (C=O) groups excluding carboxylic acids is 4. The van der Waals surface area contributed by atoms with E-state index in [1.54, 1.807) is 33.4 Å². The molecule has 44 heteroatoms. The summed E-state index contributed by atoms with van der Waals surface area (Å²) in [6.45, 7) is 16.5. The second kappa shape index (κ2) is 41.6. The van der Waals surface area contributed by atoms with Crippen LogP contribution in [0.4, 0.5) is 94.9 Å². The van der Waals surface area contributed by atoms with Crippen molar-refractivity contribution in [3.05, 3.63) is 269 Å². The maximum absolute atomic E-state index is 14.0. The van der Waals surface area contributed by atoms with Crippen LogP contribution in [0, 0.1) is 27.7 Å². The Morgan fingerprint density at radius 2 is 0.603 bits per heavy atom. The van der Waals surface area contributed by atoms with Crippen LogP contribution in [0.25, 0.3) is 0 Å². The minimum atomic E-state index is -4.81. The highest BCUT2D eigenvalue weighted by Gasteiger charge is 2.49. The van der Waals surface area contributed by atoms with Gasteiger partial charge >= 0.3 is 60.7 Å². The molecule has 6 N–H and O–H groups in total. The number of aromatic carboxylic acids is 3. The summed E-state index contributed by atoms with van der Waals surface area (Å²) in [4.78, 5) is 90.7. The van der Waals surface area contributed by atoms with Crippen LogP contribution in [0.5, 0.6) is 0 Å². The van der Waals surface area contributed by atoms with Gasteiger partial charge in [0.05, 0.1) is 37.4 Å². The molecule has 0 saturated carbocycles. The fourth-order valence-electron chi connectivity index (χ4n) is 16.3. The van der Waals surface area contributed by atoms with Gasteiger partial charge in [0.1, 0.15) is 56.9 Å². The van der Waals surface area contributed by atoms with E-state index in [-0.39, 0.29) is 59.9 Å². The number of aryl methyl sites for hydroxylation is 9. The molecule has 5 aliphatic heterocycles. The molecule has 2 amide bonds. The number of anilines is 5. The third kappa shape index (κ3) is 23.0. The van der Waals surface area contributed by atoms with E-state index >= 15 is 0 Å². The summed E-state index contributed by atoms with van der Waals surface area (Å²) < 4.78 is 217. The molecule has 0 fully saturated rings. The number of rotatable bonds is 19. The van der Waals surface area contributed by atoms with Crippen molar-refractivity contribution in [2.24, 2.45) is 0 Å². The Kier molecular flexibility index (Phi) is 30.8. The molecule has 0 unspecified atom stereocenters.